The van der Waals surface area contributed by atoms with Gasteiger partial charge >= 0.3 is 0 Å². The number of phenols is 1. The lowest BCUT2D eigenvalue weighted by atomic mass is 10.0. The monoisotopic (exact) mass is 265 g/mol. The molecule has 0 radical (unpaired) electrons. The molecule has 78 valence electrons. The van der Waals surface area contributed by atoms with E-state index in [1.165, 1.54) is 0 Å². The molecule has 2 nitrogen and oxygen atoms in total. The molecular formula is C12H12BrNO. The van der Waals surface area contributed by atoms with Gasteiger partial charge in [0.15, 0.2) is 0 Å². The molecule has 0 spiro atoms. The second-order valence-electron chi connectivity index (χ2n) is 3.51. The van der Waals surface area contributed by atoms with E-state index in [4.69, 9.17) is 5.73 Å². The molecule has 3 heteroatoms. The summed E-state index contributed by atoms with van der Waals surface area (Å²) in [5.74, 6) is 0.329. The van der Waals surface area contributed by atoms with Crippen LogP contribution in [0.5, 0.6) is 5.75 Å². The van der Waals surface area contributed by atoms with E-state index in [9.17, 15) is 5.11 Å². The Morgan fingerprint density at radius 2 is 1.93 bits per heavy atom. The summed E-state index contributed by atoms with van der Waals surface area (Å²) in [5.41, 5.74) is 6.39. The summed E-state index contributed by atoms with van der Waals surface area (Å²) in [6.07, 6.45) is 0.703. The van der Waals surface area contributed by atoms with Crippen molar-refractivity contribution in [3.05, 3.63) is 40.4 Å². The van der Waals surface area contributed by atoms with Crippen molar-refractivity contribution in [2.45, 2.75) is 6.42 Å². The molecule has 0 aliphatic carbocycles. The minimum Gasteiger partial charge on any atom is -0.508 e. The summed E-state index contributed by atoms with van der Waals surface area (Å²) in [5, 5.41) is 11.9. The molecule has 3 N–H and O–H groups in total. The first-order chi connectivity index (χ1) is 7.20. The fourth-order valence-electron chi connectivity index (χ4n) is 1.66. The highest BCUT2D eigenvalue weighted by molar-refractivity contribution is 9.10. The van der Waals surface area contributed by atoms with Crippen molar-refractivity contribution in [1.29, 1.82) is 0 Å². The van der Waals surface area contributed by atoms with Crippen LogP contribution in [0.4, 0.5) is 0 Å². The summed E-state index contributed by atoms with van der Waals surface area (Å²) in [7, 11) is 0. The zero-order valence-corrected chi connectivity index (χ0v) is 9.79. The van der Waals surface area contributed by atoms with Crippen LogP contribution >= 0.6 is 15.9 Å². The van der Waals surface area contributed by atoms with Gasteiger partial charge in [-0.15, -0.1) is 0 Å². The number of halogens is 1. The Morgan fingerprint density at radius 3 is 2.67 bits per heavy atom. The maximum Gasteiger partial charge on any atom is 0.119 e. The molecule has 2 aromatic carbocycles. The number of phenolic OH excluding ortho intramolecular Hbond substituents is 1. The Balaban J connectivity index is 2.61. The number of nitrogens with two attached hydrogens (primary N) is 1. The van der Waals surface area contributed by atoms with Gasteiger partial charge in [0.05, 0.1) is 0 Å². The zero-order valence-electron chi connectivity index (χ0n) is 8.20. The fraction of sp³-hybridized carbons (Fsp3) is 0.167. The second-order valence-corrected chi connectivity index (χ2v) is 4.43. The highest BCUT2D eigenvalue weighted by Gasteiger charge is 2.03. The van der Waals surface area contributed by atoms with Crippen LogP contribution in [0.1, 0.15) is 5.56 Å². The molecule has 0 saturated carbocycles. The first-order valence-electron chi connectivity index (χ1n) is 4.82. The van der Waals surface area contributed by atoms with E-state index in [0.717, 1.165) is 20.8 Å². The average Bonchev–Trinajstić information content (AvgIpc) is 2.20. The van der Waals surface area contributed by atoms with Crippen LogP contribution in [0.15, 0.2) is 34.8 Å². The minimum atomic E-state index is 0.329. The summed E-state index contributed by atoms with van der Waals surface area (Å²) in [4.78, 5) is 0. The Bertz CT molecular complexity index is 496. The summed E-state index contributed by atoms with van der Waals surface area (Å²) < 4.78 is 1.04. The molecule has 0 unspecified atom stereocenters. The van der Waals surface area contributed by atoms with Gasteiger partial charge in [0.2, 0.25) is 0 Å². The molecule has 0 heterocycles. The molecular weight excluding hydrogens is 254 g/mol. The highest BCUT2D eigenvalue weighted by Crippen LogP contribution is 2.27. The molecule has 2 rings (SSSR count). The van der Waals surface area contributed by atoms with Crippen LogP contribution in [0.3, 0.4) is 0 Å². The largest absolute Gasteiger partial charge is 0.508 e. The molecule has 0 aromatic heterocycles. The van der Waals surface area contributed by atoms with E-state index in [2.05, 4.69) is 15.9 Å². The molecule has 0 aliphatic rings. The lowest BCUT2D eigenvalue weighted by Gasteiger charge is -2.06. The molecule has 0 amide bonds. The minimum absolute atomic E-state index is 0.329. The predicted molar refractivity (Wildman–Crippen MR) is 66.1 cm³/mol. The van der Waals surface area contributed by atoms with Crippen molar-refractivity contribution in [2.75, 3.05) is 6.54 Å². The molecule has 0 atom stereocenters. The molecule has 0 saturated heterocycles. The standard InChI is InChI=1S/C12H12BrNO/c13-11-2-1-8-7-12(15)9(3-4-14)5-10(8)6-11/h1-2,5-7,15H,3-4,14H2. The van der Waals surface area contributed by atoms with Crippen LogP contribution in [0.25, 0.3) is 10.8 Å². The van der Waals surface area contributed by atoms with Gasteiger partial charge in [-0.1, -0.05) is 22.0 Å². The van der Waals surface area contributed by atoms with Crippen LogP contribution in [-0.4, -0.2) is 11.7 Å². The number of benzene rings is 2. The van der Waals surface area contributed by atoms with Crippen molar-refractivity contribution in [3.8, 4) is 5.75 Å². The van der Waals surface area contributed by atoms with Crippen molar-refractivity contribution in [1.82, 2.24) is 0 Å². The number of hydrogen-bond acceptors (Lipinski definition) is 2. The first kappa shape index (κ1) is 10.5. The van der Waals surface area contributed by atoms with Crippen molar-refractivity contribution >= 4 is 26.7 Å². The van der Waals surface area contributed by atoms with Gasteiger partial charge in [-0.2, -0.15) is 0 Å². The normalized spacial score (nSPS) is 10.8. The number of hydrogen-bond donors (Lipinski definition) is 2. The van der Waals surface area contributed by atoms with Crippen molar-refractivity contribution in [3.63, 3.8) is 0 Å². The lowest BCUT2D eigenvalue weighted by molar-refractivity contribution is 0.469. The quantitative estimate of drug-likeness (QED) is 0.877. The average molecular weight is 266 g/mol. The number of fused-ring (bicyclic) bond motifs is 1. The van der Waals surface area contributed by atoms with E-state index in [-0.39, 0.29) is 0 Å². The smallest absolute Gasteiger partial charge is 0.119 e. The van der Waals surface area contributed by atoms with Gasteiger partial charge in [0.25, 0.3) is 0 Å². The highest BCUT2D eigenvalue weighted by atomic mass is 79.9. The van der Waals surface area contributed by atoms with E-state index < -0.39 is 0 Å². The Hall–Kier alpha value is -1.06. The van der Waals surface area contributed by atoms with Crippen molar-refractivity contribution < 1.29 is 5.11 Å². The topological polar surface area (TPSA) is 46.2 Å². The van der Waals surface area contributed by atoms with Gasteiger partial charge in [0.1, 0.15) is 5.75 Å². The van der Waals surface area contributed by atoms with Crippen LogP contribution < -0.4 is 5.73 Å². The van der Waals surface area contributed by atoms with Crippen molar-refractivity contribution in [2.24, 2.45) is 5.73 Å². The number of aromatic hydroxyl groups is 1. The van der Waals surface area contributed by atoms with Gasteiger partial charge < -0.3 is 10.8 Å². The van der Waals surface area contributed by atoms with Gasteiger partial charge in [-0.3, -0.25) is 0 Å². The van der Waals surface area contributed by atoms with E-state index in [1.807, 2.05) is 24.3 Å². The van der Waals surface area contributed by atoms with Crippen LogP contribution in [-0.2, 0) is 6.42 Å². The van der Waals surface area contributed by atoms with E-state index >= 15 is 0 Å². The molecule has 15 heavy (non-hydrogen) atoms. The fourth-order valence-corrected chi connectivity index (χ4v) is 2.04. The Labute approximate surface area is 96.8 Å². The van der Waals surface area contributed by atoms with E-state index in [0.29, 0.717) is 18.7 Å². The van der Waals surface area contributed by atoms with Gasteiger partial charge in [-0.25, -0.2) is 0 Å². The predicted octanol–water partition coefficient (Wildman–Crippen LogP) is 2.81. The third-order valence-electron chi connectivity index (χ3n) is 2.41. The molecule has 0 bridgehead atoms. The summed E-state index contributed by atoms with van der Waals surface area (Å²) >= 11 is 3.43. The second kappa shape index (κ2) is 4.21. The zero-order chi connectivity index (χ0) is 10.8. The molecule has 2 aromatic rings. The maximum absolute atomic E-state index is 9.74. The SMILES string of the molecule is NCCc1cc2cc(Br)ccc2cc1O. The number of rotatable bonds is 2. The maximum atomic E-state index is 9.74. The first-order valence-corrected chi connectivity index (χ1v) is 5.61. The molecule has 0 aliphatic heterocycles. The van der Waals surface area contributed by atoms with Gasteiger partial charge in [-0.05, 0) is 53.6 Å². The van der Waals surface area contributed by atoms with Crippen LogP contribution in [0.2, 0.25) is 0 Å². The summed E-state index contributed by atoms with van der Waals surface area (Å²) in [6.45, 7) is 0.549. The van der Waals surface area contributed by atoms with E-state index in [1.54, 1.807) is 6.07 Å². The lowest BCUT2D eigenvalue weighted by Crippen LogP contribution is -2.02. The Kier molecular flexibility index (Phi) is 2.93. The van der Waals surface area contributed by atoms with Crippen LogP contribution in [0, 0.1) is 0 Å². The summed E-state index contributed by atoms with van der Waals surface area (Å²) in [6, 6.07) is 9.75. The third-order valence-corrected chi connectivity index (χ3v) is 2.91. The Morgan fingerprint density at radius 1 is 1.13 bits per heavy atom. The van der Waals surface area contributed by atoms with Gasteiger partial charge in [0, 0.05) is 4.47 Å². The third kappa shape index (κ3) is 2.13. The molecule has 0 fully saturated rings.